The lowest BCUT2D eigenvalue weighted by Gasteiger charge is -2.02. The van der Waals surface area contributed by atoms with Crippen molar-refractivity contribution in [3.8, 4) is 11.5 Å². The van der Waals surface area contributed by atoms with Crippen LogP contribution < -0.4 is 5.43 Å². The lowest BCUT2D eigenvalue weighted by atomic mass is 10.2. The van der Waals surface area contributed by atoms with Crippen molar-refractivity contribution in [1.29, 1.82) is 0 Å². The molecule has 0 saturated carbocycles. The van der Waals surface area contributed by atoms with Gasteiger partial charge in [-0.15, -0.1) is 0 Å². The molecule has 0 aliphatic rings. The van der Waals surface area contributed by atoms with Gasteiger partial charge >= 0.3 is 0 Å². The number of hydrogen-bond donors (Lipinski definition) is 3. The topological polar surface area (TPSA) is 64.9 Å². The average Bonchev–Trinajstić information content (AvgIpc) is 2.36. The van der Waals surface area contributed by atoms with E-state index in [4.69, 9.17) is 5.11 Å². The summed E-state index contributed by atoms with van der Waals surface area (Å²) in [5, 5.41) is 22.1. The molecule has 0 heterocycles. The van der Waals surface area contributed by atoms with Crippen molar-refractivity contribution < 1.29 is 19.0 Å². The third-order valence-corrected chi connectivity index (χ3v) is 2.33. The van der Waals surface area contributed by atoms with Gasteiger partial charge < -0.3 is 10.2 Å². The Morgan fingerprint density at radius 3 is 2.47 bits per heavy atom. The Balaban J connectivity index is 2.09. The molecule has 0 radical (unpaired) electrons. The number of rotatable bonds is 3. The van der Waals surface area contributed by atoms with Crippen molar-refractivity contribution in [3.63, 3.8) is 0 Å². The maximum absolute atomic E-state index is 13.2. The minimum Gasteiger partial charge on any atom is -0.504 e. The van der Waals surface area contributed by atoms with E-state index in [1.165, 1.54) is 30.5 Å². The number of aromatic hydroxyl groups is 2. The molecule has 98 valence electrons. The van der Waals surface area contributed by atoms with Crippen LogP contribution in [0.3, 0.4) is 0 Å². The van der Waals surface area contributed by atoms with Crippen molar-refractivity contribution >= 4 is 11.9 Å². The lowest BCUT2D eigenvalue weighted by molar-refractivity contribution is 0.403. The molecule has 0 aliphatic heterocycles. The Hall–Kier alpha value is -2.63. The number of nitrogens with one attached hydrogen (secondary N) is 1. The third-order valence-electron chi connectivity index (χ3n) is 2.33. The summed E-state index contributed by atoms with van der Waals surface area (Å²) in [7, 11) is 0. The first kappa shape index (κ1) is 12.8. The van der Waals surface area contributed by atoms with E-state index in [1.54, 1.807) is 0 Å². The van der Waals surface area contributed by atoms with Gasteiger partial charge in [-0.2, -0.15) is 5.10 Å². The molecular weight excluding hydrogens is 254 g/mol. The zero-order valence-corrected chi connectivity index (χ0v) is 9.64. The maximum atomic E-state index is 13.2. The van der Waals surface area contributed by atoms with Gasteiger partial charge in [0.1, 0.15) is 5.82 Å². The fraction of sp³-hybridized carbons (Fsp3) is 0. The van der Waals surface area contributed by atoms with Crippen LogP contribution in [-0.4, -0.2) is 16.4 Å². The van der Waals surface area contributed by atoms with Gasteiger partial charge in [-0.3, -0.25) is 5.43 Å². The van der Waals surface area contributed by atoms with Crippen LogP contribution >= 0.6 is 0 Å². The molecule has 0 saturated heterocycles. The second-order valence-electron chi connectivity index (χ2n) is 3.74. The quantitative estimate of drug-likeness (QED) is 0.453. The van der Waals surface area contributed by atoms with Gasteiger partial charge in [0.15, 0.2) is 17.3 Å². The van der Waals surface area contributed by atoms with E-state index in [9.17, 15) is 13.9 Å². The molecule has 2 aromatic rings. The van der Waals surface area contributed by atoms with E-state index in [0.717, 1.165) is 12.1 Å². The largest absolute Gasteiger partial charge is 0.504 e. The molecule has 0 unspecified atom stereocenters. The normalized spacial score (nSPS) is 10.8. The van der Waals surface area contributed by atoms with Gasteiger partial charge in [-0.25, -0.2) is 8.78 Å². The molecule has 2 rings (SSSR count). The molecule has 0 amide bonds. The van der Waals surface area contributed by atoms with Gasteiger partial charge in [-0.05, 0) is 35.9 Å². The molecule has 6 heteroatoms. The van der Waals surface area contributed by atoms with E-state index in [-0.39, 0.29) is 17.2 Å². The first-order chi connectivity index (χ1) is 9.06. The van der Waals surface area contributed by atoms with Crippen molar-refractivity contribution in [1.82, 2.24) is 0 Å². The Morgan fingerprint density at radius 2 is 1.79 bits per heavy atom. The predicted octanol–water partition coefficient (Wildman–Crippen LogP) is 2.82. The smallest absolute Gasteiger partial charge is 0.158 e. The number of halogens is 2. The Labute approximate surface area is 107 Å². The van der Waals surface area contributed by atoms with E-state index < -0.39 is 11.6 Å². The van der Waals surface area contributed by atoms with Gasteiger partial charge in [0, 0.05) is 6.07 Å². The molecule has 0 fully saturated rings. The van der Waals surface area contributed by atoms with Crippen LogP contribution in [0.1, 0.15) is 5.56 Å². The van der Waals surface area contributed by atoms with Crippen LogP contribution in [-0.2, 0) is 0 Å². The van der Waals surface area contributed by atoms with E-state index in [1.807, 2.05) is 0 Å². The second kappa shape index (κ2) is 5.34. The monoisotopic (exact) mass is 264 g/mol. The molecule has 0 bridgehead atoms. The fourth-order valence-corrected chi connectivity index (χ4v) is 1.38. The van der Waals surface area contributed by atoms with E-state index in [2.05, 4.69) is 10.5 Å². The summed E-state index contributed by atoms with van der Waals surface area (Å²) in [4.78, 5) is 0. The molecule has 3 N–H and O–H groups in total. The molecular formula is C13H10F2N2O2. The summed E-state index contributed by atoms with van der Waals surface area (Å²) < 4.78 is 25.9. The van der Waals surface area contributed by atoms with E-state index in [0.29, 0.717) is 5.56 Å². The number of hydrogen-bond acceptors (Lipinski definition) is 4. The maximum Gasteiger partial charge on any atom is 0.158 e. The van der Waals surface area contributed by atoms with Crippen LogP contribution in [0.5, 0.6) is 11.5 Å². The average molecular weight is 264 g/mol. The highest BCUT2D eigenvalue weighted by Crippen LogP contribution is 2.24. The van der Waals surface area contributed by atoms with Gasteiger partial charge in [0.25, 0.3) is 0 Å². The fourth-order valence-electron chi connectivity index (χ4n) is 1.38. The minimum absolute atomic E-state index is 0.0284. The first-order valence-corrected chi connectivity index (χ1v) is 5.32. The summed E-state index contributed by atoms with van der Waals surface area (Å²) in [6.45, 7) is 0. The summed E-state index contributed by atoms with van der Waals surface area (Å²) >= 11 is 0. The Bertz CT molecular complexity index is 630. The van der Waals surface area contributed by atoms with Crippen molar-refractivity contribution in [2.45, 2.75) is 0 Å². The Kier molecular flexibility index (Phi) is 3.61. The molecule has 0 aliphatic carbocycles. The number of phenolic OH excluding ortho intramolecular Hbond substituents is 2. The van der Waals surface area contributed by atoms with Gasteiger partial charge in [-0.1, -0.05) is 0 Å². The first-order valence-electron chi connectivity index (χ1n) is 5.32. The Morgan fingerprint density at radius 1 is 1.00 bits per heavy atom. The number of phenols is 2. The second-order valence-corrected chi connectivity index (χ2v) is 3.74. The highest BCUT2D eigenvalue weighted by molar-refractivity contribution is 5.81. The molecule has 19 heavy (non-hydrogen) atoms. The van der Waals surface area contributed by atoms with Crippen LogP contribution in [0.25, 0.3) is 0 Å². The zero-order chi connectivity index (χ0) is 13.8. The number of anilines is 1. The predicted molar refractivity (Wildman–Crippen MR) is 67.3 cm³/mol. The highest BCUT2D eigenvalue weighted by atomic mass is 19.1. The van der Waals surface area contributed by atoms with Crippen molar-refractivity contribution in [3.05, 3.63) is 53.6 Å². The minimum atomic E-state index is -0.759. The summed E-state index contributed by atoms with van der Waals surface area (Å²) in [6.07, 6.45) is 1.32. The molecule has 0 aromatic heterocycles. The standard InChI is InChI=1S/C13H10F2N2O2/c14-9-2-3-11(10(15)6-9)17-16-7-8-1-4-12(18)13(19)5-8/h1-7,17-19H/b16-7+. The summed E-state index contributed by atoms with van der Waals surface area (Å²) in [6, 6.07) is 7.17. The van der Waals surface area contributed by atoms with Gasteiger partial charge in [0.05, 0.1) is 11.9 Å². The van der Waals surface area contributed by atoms with Crippen molar-refractivity contribution in [2.24, 2.45) is 5.10 Å². The highest BCUT2D eigenvalue weighted by Gasteiger charge is 2.02. The third kappa shape index (κ3) is 3.19. The molecule has 2 aromatic carbocycles. The molecule has 0 atom stereocenters. The summed E-state index contributed by atoms with van der Waals surface area (Å²) in [5.41, 5.74) is 2.94. The number of benzene rings is 2. The summed E-state index contributed by atoms with van der Waals surface area (Å²) in [5.74, 6) is -1.95. The van der Waals surface area contributed by atoms with Crippen molar-refractivity contribution in [2.75, 3.05) is 5.43 Å². The van der Waals surface area contributed by atoms with Crippen LogP contribution in [0.2, 0.25) is 0 Å². The lowest BCUT2D eigenvalue weighted by Crippen LogP contribution is -1.94. The van der Waals surface area contributed by atoms with Crippen LogP contribution in [0.4, 0.5) is 14.5 Å². The van der Waals surface area contributed by atoms with Crippen LogP contribution in [0, 0.1) is 11.6 Å². The van der Waals surface area contributed by atoms with Crippen LogP contribution in [0.15, 0.2) is 41.5 Å². The molecule has 0 spiro atoms. The van der Waals surface area contributed by atoms with Gasteiger partial charge in [0.2, 0.25) is 0 Å². The number of hydrazone groups is 1. The molecule has 4 nitrogen and oxygen atoms in total. The zero-order valence-electron chi connectivity index (χ0n) is 9.64. The number of nitrogens with zero attached hydrogens (tertiary/aromatic N) is 1. The SMILES string of the molecule is Oc1ccc(/C=N/Nc2ccc(F)cc2F)cc1O. The van der Waals surface area contributed by atoms with E-state index >= 15 is 0 Å².